The van der Waals surface area contributed by atoms with Gasteiger partial charge < -0.3 is 4.74 Å². The highest BCUT2D eigenvalue weighted by atomic mass is 16.5. The summed E-state index contributed by atoms with van der Waals surface area (Å²) in [6, 6.07) is 13.9. The summed E-state index contributed by atoms with van der Waals surface area (Å²) in [6.45, 7) is 25.4. The van der Waals surface area contributed by atoms with Gasteiger partial charge in [0.1, 0.15) is 5.75 Å². The summed E-state index contributed by atoms with van der Waals surface area (Å²) in [5.74, 6) is 1.01. The average Bonchev–Trinajstić information content (AvgIpc) is 2.64. The molecule has 172 valence electrons. The van der Waals surface area contributed by atoms with Crippen LogP contribution in [0.15, 0.2) is 36.4 Å². The first-order chi connectivity index (χ1) is 14.0. The third kappa shape index (κ3) is 5.93. The van der Waals surface area contributed by atoms with E-state index in [4.69, 9.17) is 4.74 Å². The molecule has 2 aromatic carbocycles. The van der Waals surface area contributed by atoms with Crippen LogP contribution >= 0.6 is 0 Å². The molecule has 0 bridgehead atoms. The van der Waals surface area contributed by atoms with E-state index in [1.807, 2.05) is 0 Å². The van der Waals surface area contributed by atoms with E-state index in [0.717, 1.165) is 18.6 Å². The topological polar surface area (TPSA) is 9.23 Å². The summed E-state index contributed by atoms with van der Waals surface area (Å²) in [7, 11) is 1.80. The standard InChI is InChI=1S/C30H46O/c1-21-19-22(27(2,3)4)13-15-24(21)29(8,9)17-18-30(10,11)25-16-14-23(28(5,6)7)20-26(25)31-12/h13-16,19-20H,17-18H2,1-12H3. The van der Waals surface area contributed by atoms with Gasteiger partial charge in [-0.05, 0) is 75.3 Å². The summed E-state index contributed by atoms with van der Waals surface area (Å²) in [6.07, 6.45) is 2.23. The zero-order valence-corrected chi connectivity index (χ0v) is 22.3. The molecule has 0 N–H and O–H groups in total. The van der Waals surface area contributed by atoms with E-state index in [1.54, 1.807) is 7.11 Å². The molecule has 0 saturated carbocycles. The van der Waals surface area contributed by atoms with Gasteiger partial charge in [-0.15, -0.1) is 0 Å². The number of hydrogen-bond donors (Lipinski definition) is 0. The molecule has 0 aliphatic rings. The molecule has 0 fully saturated rings. The Hall–Kier alpha value is -1.76. The van der Waals surface area contributed by atoms with Gasteiger partial charge in [0.2, 0.25) is 0 Å². The molecule has 2 rings (SSSR count). The molecule has 2 aromatic rings. The Balaban J connectivity index is 2.28. The number of benzene rings is 2. The van der Waals surface area contributed by atoms with Gasteiger partial charge in [0, 0.05) is 0 Å². The van der Waals surface area contributed by atoms with Crippen molar-refractivity contribution < 1.29 is 4.74 Å². The van der Waals surface area contributed by atoms with Gasteiger partial charge in [-0.1, -0.05) is 99.6 Å². The van der Waals surface area contributed by atoms with Gasteiger partial charge in [0.05, 0.1) is 7.11 Å². The van der Waals surface area contributed by atoms with E-state index in [2.05, 4.69) is 113 Å². The Kier molecular flexibility index (Phi) is 7.11. The summed E-state index contributed by atoms with van der Waals surface area (Å²) in [4.78, 5) is 0. The molecule has 0 aromatic heterocycles. The highest BCUT2D eigenvalue weighted by molar-refractivity contribution is 5.44. The molecule has 0 unspecified atom stereocenters. The SMILES string of the molecule is COc1cc(C(C)(C)C)ccc1C(C)(C)CCC(C)(C)c1ccc(C(C)(C)C)cc1C. The van der Waals surface area contributed by atoms with Crippen LogP contribution < -0.4 is 4.74 Å². The van der Waals surface area contributed by atoms with Gasteiger partial charge in [-0.25, -0.2) is 0 Å². The molecule has 1 nitrogen and oxygen atoms in total. The molecule has 0 aliphatic carbocycles. The van der Waals surface area contributed by atoms with Crippen molar-refractivity contribution in [2.24, 2.45) is 0 Å². The lowest BCUT2D eigenvalue weighted by atomic mass is 9.71. The van der Waals surface area contributed by atoms with Crippen molar-refractivity contribution in [3.63, 3.8) is 0 Å². The second-order valence-electron chi connectivity index (χ2n) is 12.7. The predicted molar refractivity (Wildman–Crippen MR) is 137 cm³/mol. The monoisotopic (exact) mass is 422 g/mol. The Morgan fingerprint density at radius 3 is 1.45 bits per heavy atom. The number of methoxy groups -OCH3 is 1. The first kappa shape index (κ1) is 25.5. The Bertz CT molecular complexity index is 901. The Labute approximate surface area is 192 Å². The van der Waals surface area contributed by atoms with Gasteiger partial charge in [-0.2, -0.15) is 0 Å². The maximum Gasteiger partial charge on any atom is 0.122 e. The first-order valence-corrected chi connectivity index (χ1v) is 11.8. The van der Waals surface area contributed by atoms with Crippen molar-refractivity contribution in [1.29, 1.82) is 0 Å². The Morgan fingerprint density at radius 1 is 0.613 bits per heavy atom. The third-order valence-electron chi connectivity index (χ3n) is 6.99. The van der Waals surface area contributed by atoms with Gasteiger partial charge in [-0.3, -0.25) is 0 Å². The highest BCUT2D eigenvalue weighted by Gasteiger charge is 2.31. The van der Waals surface area contributed by atoms with Crippen LogP contribution in [0.1, 0.15) is 110 Å². The lowest BCUT2D eigenvalue weighted by Gasteiger charge is -2.34. The fourth-order valence-electron chi connectivity index (χ4n) is 4.50. The molecule has 0 atom stereocenters. The van der Waals surface area contributed by atoms with E-state index < -0.39 is 0 Å². The third-order valence-corrected chi connectivity index (χ3v) is 6.99. The molecule has 1 heteroatoms. The summed E-state index contributed by atoms with van der Waals surface area (Å²) >= 11 is 0. The normalized spacial score (nSPS) is 13.4. The van der Waals surface area contributed by atoms with Crippen molar-refractivity contribution >= 4 is 0 Å². The van der Waals surface area contributed by atoms with Crippen LogP contribution in [0.2, 0.25) is 0 Å². The van der Waals surface area contributed by atoms with E-state index in [1.165, 1.54) is 27.8 Å². The molecule has 0 radical (unpaired) electrons. The smallest absolute Gasteiger partial charge is 0.122 e. The molecular formula is C30H46O. The number of rotatable bonds is 6. The summed E-state index contributed by atoms with van der Waals surface area (Å²) in [5.41, 5.74) is 7.37. The minimum Gasteiger partial charge on any atom is -0.496 e. The van der Waals surface area contributed by atoms with Crippen LogP contribution in [-0.2, 0) is 21.7 Å². The quantitative estimate of drug-likeness (QED) is 0.452. The molecule has 0 aliphatic heterocycles. The molecule has 0 saturated heterocycles. The lowest BCUT2D eigenvalue weighted by Crippen LogP contribution is -2.26. The van der Waals surface area contributed by atoms with E-state index in [0.29, 0.717) is 0 Å². The fourth-order valence-corrected chi connectivity index (χ4v) is 4.50. The van der Waals surface area contributed by atoms with Crippen LogP contribution in [0.25, 0.3) is 0 Å². The maximum absolute atomic E-state index is 5.85. The molecular weight excluding hydrogens is 376 g/mol. The van der Waals surface area contributed by atoms with Crippen LogP contribution in [-0.4, -0.2) is 7.11 Å². The van der Waals surface area contributed by atoms with E-state index in [9.17, 15) is 0 Å². The van der Waals surface area contributed by atoms with Crippen molar-refractivity contribution in [2.75, 3.05) is 7.11 Å². The lowest BCUT2D eigenvalue weighted by molar-refractivity contribution is 0.351. The number of ether oxygens (including phenoxy) is 1. The van der Waals surface area contributed by atoms with Gasteiger partial charge in [0.15, 0.2) is 0 Å². The Morgan fingerprint density at radius 2 is 1.03 bits per heavy atom. The minimum absolute atomic E-state index is 0.0400. The van der Waals surface area contributed by atoms with Crippen LogP contribution in [0.4, 0.5) is 0 Å². The average molecular weight is 423 g/mol. The van der Waals surface area contributed by atoms with Crippen molar-refractivity contribution in [1.82, 2.24) is 0 Å². The first-order valence-electron chi connectivity index (χ1n) is 11.8. The fraction of sp³-hybridized carbons (Fsp3) is 0.600. The zero-order valence-electron chi connectivity index (χ0n) is 22.3. The second-order valence-corrected chi connectivity index (χ2v) is 12.7. The highest BCUT2D eigenvalue weighted by Crippen LogP contribution is 2.41. The largest absolute Gasteiger partial charge is 0.496 e. The molecule has 0 heterocycles. The predicted octanol–water partition coefficient (Wildman–Crippen LogP) is 8.63. The van der Waals surface area contributed by atoms with Crippen molar-refractivity contribution in [2.45, 2.75) is 111 Å². The van der Waals surface area contributed by atoms with Gasteiger partial charge in [0.25, 0.3) is 0 Å². The van der Waals surface area contributed by atoms with Crippen molar-refractivity contribution in [3.05, 3.63) is 64.2 Å². The summed E-state index contributed by atoms with van der Waals surface area (Å²) < 4.78 is 5.85. The van der Waals surface area contributed by atoms with E-state index >= 15 is 0 Å². The van der Waals surface area contributed by atoms with E-state index in [-0.39, 0.29) is 21.7 Å². The summed E-state index contributed by atoms with van der Waals surface area (Å²) in [5, 5.41) is 0. The zero-order chi connectivity index (χ0) is 23.8. The maximum atomic E-state index is 5.85. The number of aryl methyl sites for hydroxylation is 1. The molecule has 0 spiro atoms. The minimum atomic E-state index is 0.0400. The van der Waals surface area contributed by atoms with Crippen molar-refractivity contribution in [3.8, 4) is 5.75 Å². The van der Waals surface area contributed by atoms with Gasteiger partial charge >= 0.3 is 0 Å². The second kappa shape index (κ2) is 8.64. The molecule has 0 amide bonds. The van der Waals surface area contributed by atoms with Crippen LogP contribution in [0.3, 0.4) is 0 Å². The van der Waals surface area contributed by atoms with Crippen LogP contribution in [0, 0.1) is 6.92 Å². The number of hydrogen-bond acceptors (Lipinski definition) is 1. The van der Waals surface area contributed by atoms with Crippen LogP contribution in [0.5, 0.6) is 5.75 Å². The molecule has 31 heavy (non-hydrogen) atoms.